The number of hydrogen-bond acceptors (Lipinski definition) is 6. The van der Waals surface area contributed by atoms with Crippen LogP contribution in [0.1, 0.15) is 36.8 Å². The lowest BCUT2D eigenvalue weighted by molar-refractivity contribution is -0.154. The van der Waals surface area contributed by atoms with Gasteiger partial charge in [-0.3, -0.25) is 14.4 Å². The van der Waals surface area contributed by atoms with Crippen LogP contribution in [0.25, 0.3) is 0 Å². The molecule has 3 saturated heterocycles. The third-order valence-corrected chi connectivity index (χ3v) is 11.1. The van der Waals surface area contributed by atoms with E-state index in [1.54, 1.807) is 33.7 Å². The van der Waals surface area contributed by atoms with Crippen molar-refractivity contribution in [2.75, 3.05) is 31.2 Å². The molecule has 0 saturated carbocycles. The van der Waals surface area contributed by atoms with Gasteiger partial charge >= 0.3 is 5.97 Å². The molecule has 3 unspecified atom stereocenters. The van der Waals surface area contributed by atoms with E-state index in [1.807, 2.05) is 32.0 Å². The summed E-state index contributed by atoms with van der Waals surface area (Å²) in [5, 5.41) is 9.44. The molecule has 7 nitrogen and oxygen atoms in total. The smallest absolute Gasteiger partial charge is 0.310 e. The molecule has 1 spiro atoms. The Hall–Kier alpha value is -2.10. The average molecular weight is 606 g/mol. The lowest BCUT2D eigenvalue weighted by Crippen LogP contribution is -2.55. The quantitative estimate of drug-likeness (QED) is 0.167. The maximum Gasteiger partial charge on any atom is 0.310 e. The Morgan fingerprint density at radius 3 is 2.74 bits per heavy atom. The first-order valence-corrected chi connectivity index (χ1v) is 15.0. The average Bonchev–Trinajstić information content (AvgIpc) is 3.48. The van der Waals surface area contributed by atoms with Crippen molar-refractivity contribution < 1.29 is 24.2 Å². The third-order valence-electron chi connectivity index (χ3n) is 7.88. The minimum atomic E-state index is -0.764. The molecule has 0 aliphatic carbocycles. The Morgan fingerprint density at radius 1 is 1.29 bits per heavy atom. The van der Waals surface area contributed by atoms with Gasteiger partial charge < -0.3 is 19.6 Å². The zero-order chi connectivity index (χ0) is 27.6. The topological polar surface area (TPSA) is 87.2 Å². The van der Waals surface area contributed by atoms with Gasteiger partial charge in [0.15, 0.2) is 0 Å². The molecule has 2 amide bonds. The van der Waals surface area contributed by atoms with Crippen molar-refractivity contribution in [3.8, 4) is 0 Å². The first kappa shape index (κ1) is 28.9. The lowest BCUT2D eigenvalue weighted by Gasteiger charge is -2.38. The number of carbonyl (C=O) groups excluding carboxylic acids is 3. The molecule has 0 aromatic heterocycles. The van der Waals surface area contributed by atoms with Crippen LogP contribution in [-0.4, -0.2) is 75.0 Å². The van der Waals surface area contributed by atoms with E-state index in [2.05, 4.69) is 29.1 Å². The van der Waals surface area contributed by atoms with Crippen LogP contribution >= 0.6 is 27.7 Å². The number of unbranched alkanes of at least 4 members (excludes halogenated alkanes) is 1. The van der Waals surface area contributed by atoms with Crippen LogP contribution in [0.2, 0.25) is 0 Å². The summed E-state index contributed by atoms with van der Waals surface area (Å²) in [5.74, 6) is -2.02. The van der Waals surface area contributed by atoms with Gasteiger partial charge in [-0.2, -0.15) is 0 Å². The molecule has 3 fully saturated rings. The summed E-state index contributed by atoms with van der Waals surface area (Å²) in [6, 6.07) is 5.21. The van der Waals surface area contributed by atoms with Crippen molar-refractivity contribution in [2.45, 2.75) is 60.4 Å². The molecule has 3 aliphatic heterocycles. The van der Waals surface area contributed by atoms with Crippen molar-refractivity contribution in [1.29, 1.82) is 0 Å². The molecule has 3 aliphatic rings. The highest BCUT2D eigenvalue weighted by Gasteiger charge is 2.76. The fourth-order valence-electron chi connectivity index (χ4n) is 6.25. The highest BCUT2D eigenvalue weighted by molar-refractivity contribution is 9.09. The number of halogens is 1. The van der Waals surface area contributed by atoms with Crippen molar-refractivity contribution in [3.05, 3.63) is 54.6 Å². The maximum atomic E-state index is 14.5. The number of thioether (sulfide) groups is 1. The number of nitrogens with zero attached hydrogens (tertiary/aromatic N) is 2. The number of fused-ring (bicyclic) bond motifs is 1. The molecular weight excluding hydrogens is 568 g/mol. The number of benzene rings is 1. The number of aliphatic hydroxyl groups excluding tert-OH is 1. The fourth-order valence-corrected chi connectivity index (χ4v) is 9.85. The second-order valence-electron chi connectivity index (χ2n) is 10.4. The Labute approximate surface area is 237 Å². The number of aryl methyl sites for hydroxylation is 2. The van der Waals surface area contributed by atoms with Crippen LogP contribution in [-0.2, 0) is 19.1 Å². The molecule has 9 heteroatoms. The lowest BCUT2D eigenvalue weighted by atomic mass is 9.71. The van der Waals surface area contributed by atoms with Gasteiger partial charge in [0, 0.05) is 35.5 Å². The van der Waals surface area contributed by atoms with E-state index in [-0.39, 0.29) is 47.6 Å². The Kier molecular flexibility index (Phi) is 9.10. The summed E-state index contributed by atoms with van der Waals surface area (Å²) in [5.41, 5.74) is 2.77. The van der Waals surface area contributed by atoms with Crippen molar-refractivity contribution in [1.82, 2.24) is 4.90 Å². The van der Waals surface area contributed by atoms with E-state index in [1.165, 1.54) is 0 Å². The summed E-state index contributed by atoms with van der Waals surface area (Å²) in [4.78, 5) is 45.2. The summed E-state index contributed by atoms with van der Waals surface area (Å²) in [7, 11) is 0. The van der Waals surface area contributed by atoms with E-state index in [4.69, 9.17) is 4.74 Å². The highest BCUT2D eigenvalue weighted by atomic mass is 79.9. The van der Waals surface area contributed by atoms with Crippen LogP contribution < -0.4 is 4.90 Å². The number of carbonyl (C=O) groups is 3. The predicted octanol–water partition coefficient (Wildman–Crippen LogP) is 4.18. The van der Waals surface area contributed by atoms with E-state index in [0.29, 0.717) is 25.8 Å². The molecule has 2 bridgehead atoms. The van der Waals surface area contributed by atoms with Crippen LogP contribution in [0, 0.1) is 25.7 Å². The van der Waals surface area contributed by atoms with Gasteiger partial charge in [-0.05, 0) is 56.7 Å². The third kappa shape index (κ3) is 4.97. The Morgan fingerprint density at radius 2 is 2.05 bits per heavy atom. The summed E-state index contributed by atoms with van der Waals surface area (Å²) in [6.45, 7) is 12.3. The van der Waals surface area contributed by atoms with Crippen LogP contribution in [0.5, 0.6) is 0 Å². The number of allylic oxidation sites excluding steroid dienone is 1. The highest BCUT2D eigenvalue weighted by Crippen LogP contribution is 2.68. The van der Waals surface area contributed by atoms with Crippen LogP contribution in [0.3, 0.4) is 0 Å². The molecule has 1 N–H and O–H groups in total. The van der Waals surface area contributed by atoms with E-state index >= 15 is 0 Å². The largest absolute Gasteiger partial charge is 0.465 e. The standard InChI is InChI=1S/C29H37BrN2O5S/c1-5-7-8-15-37-28(36)22-23-26(34)32(13-9-14-33)25(29(23)17-20(30)24(22)38-29)27(35)31(12-6-2)21-16-18(3)10-11-19(21)4/h5-6,10-11,16,20,22-25,33H,1-2,7-9,12-15,17H2,3-4H3/t20?,22-,23+,24-,25?,29?/m1/s1. The second-order valence-corrected chi connectivity index (χ2v) is 13.1. The van der Waals surface area contributed by atoms with Gasteiger partial charge in [0.1, 0.15) is 6.04 Å². The van der Waals surface area contributed by atoms with Gasteiger partial charge in [-0.25, -0.2) is 0 Å². The monoisotopic (exact) mass is 604 g/mol. The molecule has 1 aromatic rings. The maximum absolute atomic E-state index is 14.5. The normalized spacial score (nSPS) is 29.3. The number of esters is 1. The molecule has 6 atom stereocenters. The van der Waals surface area contributed by atoms with Crippen molar-refractivity contribution in [3.63, 3.8) is 0 Å². The molecule has 4 rings (SSSR count). The second kappa shape index (κ2) is 12.0. The molecular formula is C29H37BrN2O5S. The number of alkyl halides is 1. The van der Waals surface area contributed by atoms with E-state index < -0.39 is 22.6 Å². The van der Waals surface area contributed by atoms with E-state index in [9.17, 15) is 19.5 Å². The number of likely N-dealkylation sites (tertiary alicyclic amines) is 1. The molecule has 0 radical (unpaired) electrons. The summed E-state index contributed by atoms with van der Waals surface area (Å²) >= 11 is 5.37. The number of amides is 2. The predicted molar refractivity (Wildman–Crippen MR) is 154 cm³/mol. The van der Waals surface area contributed by atoms with Gasteiger partial charge in [0.2, 0.25) is 5.91 Å². The zero-order valence-electron chi connectivity index (χ0n) is 22.1. The fraction of sp³-hybridized carbons (Fsp3) is 0.552. The number of hydrogen-bond donors (Lipinski definition) is 1. The zero-order valence-corrected chi connectivity index (χ0v) is 24.5. The van der Waals surface area contributed by atoms with Gasteiger partial charge in [-0.15, -0.1) is 24.9 Å². The SMILES string of the molecule is C=CCCCOC(=O)[C@H]1[C@@H]2SC3(CC2Br)C(C(=O)N(CC=C)c2cc(C)ccc2C)N(CCCO)C(=O)[C@H]13. The number of rotatable bonds is 12. The first-order valence-electron chi connectivity index (χ1n) is 13.2. The molecule has 38 heavy (non-hydrogen) atoms. The number of aliphatic hydroxyl groups is 1. The number of ether oxygens (including phenoxy) is 1. The molecule has 3 heterocycles. The minimum Gasteiger partial charge on any atom is -0.465 e. The number of anilines is 1. The minimum absolute atomic E-state index is 0.0241. The van der Waals surface area contributed by atoms with Gasteiger partial charge in [0.05, 0.1) is 23.2 Å². The van der Waals surface area contributed by atoms with Crippen LogP contribution in [0.15, 0.2) is 43.5 Å². The van der Waals surface area contributed by atoms with Crippen molar-refractivity contribution >= 4 is 51.2 Å². The van der Waals surface area contributed by atoms with Crippen LogP contribution in [0.4, 0.5) is 5.69 Å². The molecule has 1 aromatic carbocycles. The van der Waals surface area contributed by atoms with Gasteiger partial charge in [0.25, 0.3) is 5.91 Å². The van der Waals surface area contributed by atoms with Crippen molar-refractivity contribution in [2.24, 2.45) is 11.8 Å². The Bertz CT molecular complexity index is 1110. The Balaban J connectivity index is 1.74. The molecule has 206 valence electrons. The summed E-state index contributed by atoms with van der Waals surface area (Å²) in [6.07, 6.45) is 5.85. The summed E-state index contributed by atoms with van der Waals surface area (Å²) < 4.78 is 4.88. The van der Waals surface area contributed by atoms with Gasteiger partial charge in [-0.1, -0.05) is 40.2 Å². The first-order chi connectivity index (χ1) is 18.2. The van der Waals surface area contributed by atoms with E-state index in [0.717, 1.165) is 23.2 Å².